The Kier molecular flexibility index (Phi) is 5.72. The number of fused-ring (bicyclic) bond motifs is 1. The summed E-state index contributed by atoms with van der Waals surface area (Å²) in [5.74, 6) is -0.546. The van der Waals surface area contributed by atoms with Crippen molar-refractivity contribution in [1.82, 2.24) is 20.0 Å². The molecule has 1 atom stereocenters. The van der Waals surface area contributed by atoms with Crippen LogP contribution in [0.3, 0.4) is 0 Å². The van der Waals surface area contributed by atoms with E-state index in [4.69, 9.17) is 4.42 Å². The molecule has 35 heavy (non-hydrogen) atoms. The van der Waals surface area contributed by atoms with Crippen molar-refractivity contribution in [3.05, 3.63) is 101 Å². The standard InChI is InChI=1S/C27H25FN4O3/c1-18-7-3-4-9-20(18)15-29-26(34)27(2)17-32-23(14-22(30-32)24-11-6-12-35-24)25(33)31(27)16-19-8-5-10-21(28)13-19/h3-14H,15-17H2,1-2H3,(H,29,34)/t27-/m0/s1. The predicted octanol–water partition coefficient (Wildman–Crippen LogP) is 4.32. The number of furan rings is 1. The van der Waals surface area contributed by atoms with Gasteiger partial charge >= 0.3 is 0 Å². The second-order valence-corrected chi connectivity index (χ2v) is 8.95. The van der Waals surface area contributed by atoms with Crippen LogP contribution in [0.1, 0.15) is 34.1 Å². The summed E-state index contributed by atoms with van der Waals surface area (Å²) in [6, 6.07) is 19.0. The van der Waals surface area contributed by atoms with Gasteiger partial charge in [-0.3, -0.25) is 14.3 Å². The van der Waals surface area contributed by atoms with E-state index in [1.54, 1.807) is 41.9 Å². The van der Waals surface area contributed by atoms with Crippen molar-refractivity contribution in [3.63, 3.8) is 0 Å². The Morgan fingerprint density at radius 3 is 2.71 bits per heavy atom. The first-order valence-electron chi connectivity index (χ1n) is 11.4. The minimum atomic E-state index is -1.26. The maximum Gasteiger partial charge on any atom is 0.273 e. The van der Waals surface area contributed by atoms with Gasteiger partial charge in [-0.25, -0.2) is 4.39 Å². The van der Waals surface area contributed by atoms with E-state index < -0.39 is 11.4 Å². The first kappa shape index (κ1) is 22.6. The minimum Gasteiger partial charge on any atom is -0.463 e. The second kappa shape index (κ2) is 8.87. The summed E-state index contributed by atoms with van der Waals surface area (Å²) in [7, 11) is 0. The van der Waals surface area contributed by atoms with Crippen LogP contribution in [-0.2, 0) is 24.4 Å². The maximum atomic E-state index is 13.9. The van der Waals surface area contributed by atoms with Crippen molar-refractivity contribution in [3.8, 4) is 11.5 Å². The van der Waals surface area contributed by atoms with Gasteiger partial charge in [0.05, 0.1) is 12.8 Å². The number of nitrogens with one attached hydrogen (secondary N) is 1. The SMILES string of the molecule is Cc1ccccc1CNC(=O)[C@]1(C)Cn2nc(-c3ccco3)cc2C(=O)N1Cc1cccc(F)c1. The number of rotatable bonds is 6. The fourth-order valence-electron chi connectivity index (χ4n) is 4.43. The number of nitrogens with zero attached hydrogens (tertiary/aromatic N) is 3. The highest BCUT2D eigenvalue weighted by Crippen LogP contribution is 2.31. The Balaban J connectivity index is 1.50. The van der Waals surface area contributed by atoms with Gasteiger partial charge in [0.2, 0.25) is 5.91 Å². The average Bonchev–Trinajstić information content (AvgIpc) is 3.51. The third kappa shape index (κ3) is 4.23. The number of hydrogen-bond donors (Lipinski definition) is 1. The number of halogens is 1. The summed E-state index contributed by atoms with van der Waals surface area (Å²) in [6.07, 6.45) is 1.54. The molecule has 5 rings (SSSR count). The van der Waals surface area contributed by atoms with E-state index >= 15 is 0 Å². The first-order valence-corrected chi connectivity index (χ1v) is 11.4. The lowest BCUT2D eigenvalue weighted by Gasteiger charge is -2.43. The Morgan fingerprint density at radius 1 is 1.14 bits per heavy atom. The third-order valence-electron chi connectivity index (χ3n) is 6.49. The number of carbonyl (C=O) groups excluding carboxylic acids is 2. The molecule has 1 N–H and O–H groups in total. The summed E-state index contributed by atoms with van der Waals surface area (Å²) < 4.78 is 20.9. The van der Waals surface area contributed by atoms with Crippen LogP contribution in [0.15, 0.2) is 77.4 Å². The van der Waals surface area contributed by atoms with Gasteiger partial charge in [-0.1, -0.05) is 36.4 Å². The molecular weight excluding hydrogens is 447 g/mol. The number of benzene rings is 2. The van der Waals surface area contributed by atoms with E-state index in [-0.39, 0.29) is 24.9 Å². The van der Waals surface area contributed by atoms with E-state index in [0.717, 1.165) is 11.1 Å². The maximum absolute atomic E-state index is 13.9. The van der Waals surface area contributed by atoms with Gasteiger partial charge < -0.3 is 14.6 Å². The Bertz CT molecular complexity index is 1400. The molecule has 7 nitrogen and oxygen atoms in total. The highest BCUT2D eigenvalue weighted by atomic mass is 19.1. The van der Waals surface area contributed by atoms with Gasteiger partial charge in [-0.05, 0) is 54.8 Å². The highest BCUT2D eigenvalue weighted by molar-refractivity contribution is 6.00. The molecule has 1 aliphatic rings. The van der Waals surface area contributed by atoms with Crippen LogP contribution < -0.4 is 5.32 Å². The van der Waals surface area contributed by atoms with Crippen LogP contribution in [-0.4, -0.2) is 32.0 Å². The lowest BCUT2D eigenvalue weighted by atomic mass is 9.93. The molecule has 0 radical (unpaired) electrons. The monoisotopic (exact) mass is 472 g/mol. The van der Waals surface area contributed by atoms with Crippen molar-refractivity contribution in [1.29, 1.82) is 0 Å². The molecule has 4 aromatic rings. The zero-order valence-electron chi connectivity index (χ0n) is 19.5. The topological polar surface area (TPSA) is 80.4 Å². The van der Waals surface area contributed by atoms with E-state index in [9.17, 15) is 14.0 Å². The van der Waals surface area contributed by atoms with Crippen LogP contribution in [0, 0.1) is 12.7 Å². The molecule has 0 aliphatic carbocycles. The lowest BCUT2D eigenvalue weighted by molar-refractivity contribution is -0.133. The first-order chi connectivity index (χ1) is 16.8. The second-order valence-electron chi connectivity index (χ2n) is 8.95. The Labute approximate surface area is 202 Å². The molecule has 0 spiro atoms. The predicted molar refractivity (Wildman–Crippen MR) is 128 cm³/mol. The molecule has 8 heteroatoms. The molecule has 0 saturated heterocycles. The minimum absolute atomic E-state index is 0.0755. The lowest BCUT2D eigenvalue weighted by Crippen LogP contribution is -2.63. The molecule has 2 aromatic heterocycles. The quantitative estimate of drug-likeness (QED) is 0.453. The molecule has 1 aliphatic heterocycles. The van der Waals surface area contributed by atoms with E-state index in [1.807, 2.05) is 31.2 Å². The van der Waals surface area contributed by atoms with Crippen molar-refractivity contribution < 1.29 is 18.4 Å². The van der Waals surface area contributed by atoms with Crippen LogP contribution in [0.2, 0.25) is 0 Å². The molecule has 0 bridgehead atoms. The van der Waals surface area contributed by atoms with Gasteiger partial charge in [-0.15, -0.1) is 0 Å². The van der Waals surface area contributed by atoms with Crippen LogP contribution >= 0.6 is 0 Å². The Morgan fingerprint density at radius 2 is 1.97 bits per heavy atom. The molecular formula is C27H25FN4O3. The number of hydrogen-bond acceptors (Lipinski definition) is 4. The fraction of sp³-hybridized carbons (Fsp3) is 0.222. The molecule has 0 unspecified atom stereocenters. The summed E-state index contributed by atoms with van der Waals surface area (Å²) in [5, 5.41) is 7.54. The van der Waals surface area contributed by atoms with Gasteiger partial charge in [0.15, 0.2) is 5.76 Å². The summed E-state index contributed by atoms with van der Waals surface area (Å²) >= 11 is 0. The summed E-state index contributed by atoms with van der Waals surface area (Å²) in [5.41, 5.74) is 2.24. The number of carbonyl (C=O) groups is 2. The zero-order chi connectivity index (χ0) is 24.6. The van der Waals surface area contributed by atoms with Crippen molar-refractivity contribution in [2.75, 3.05) is 0 Å². The van der Waals surface area contributed by atoms with Gasteiger partial charge in [0.25, 0.3) is 5.91 Å². The van der Waals surface area contributed by atoms with Gasteiger partial charge in [-0.2, -0.15) is 5.10 Å². The molecule has 3 heterocycles. The summed E-state index contributed by atoms with van der Waals surface area (Å²) in [6.45, 7) is 4.24. The van der Waals surface area contributed by atoms with Crippen LogP contribution in [0.5, 0.6) is 0 Å². The number of amides is 2. The Hall–Kier alpha value is -4.20. The smallest absolute Gasteiger partial charge is 0.273 e. The van der Waals surface area contributed by atoms with E-state index in [2.05, 4.69) is 10.4 Å². The number of aryl methyl sites for hydroxylation is 1. The van der Waals surface area contributed by atoms with Crippen molar-refractivity contribution in [2.45, 2.75) is 39.0 Å². The molecule has 0 fully saturated rings. The van der Waals surface area contributed by atoms with Gasteiger partial charge in [0.1, 0.15) is 22.7 Å². The molecule has 2 amide bonds. The van der Waals surface area contributed by atoms with E-state index in [1.165, 1.54) is 23.3 Å². The molecule has 0 saturated carbocycles. The van der Waals surface area contributed by atoms with Crippen LogP contribution in [0.25, 0.3) is 11.5 Å². The van der Waals surface area contributed by atoms with E-state index in [0.29, 0.717) is 29.3 Å². The van der Waals surface area contributed by atoms with Crippen molar-refractivity contribution in [2.24, 2.45) is 0 Å². The largest absolute Gasteiger partial charge is 0.463 e. The molecule has 2 aromatic carbocycles. The number of aromatic nitrogens is 2. The average molecular weight is 473 g/mol. The van der Waals surface area contributed by atoms with Crippen LogP contribution in [0.4, 0.5) is 4.39 Å². The molecule has 178 valence electrons. The fourth-order valence-corrected chi connectivity index (χ4v) is 4.43. The summed E-state index contributed by atoms with van der Waals surface area (Å²) in [4.78, 5) is 28.8. The zero-order valence-corrected chi connectivity index (χ0v) is 19.5. The normalized spacial score (nSPS) is 17.3. The highest BCUT2D eigenvalue weighted by Gasteiger charge is 2.48. The van der Waals surface area contributed by atoms with Gasteiger partial charge in [0, 0.05) is 19.2 Å². The third-order valence-corrected chi connectivity index (χ3v) is 6.49. The van der Waals surface area contributed by atoms with Crippen molar-refractivity contribution >= 4 is 11.8 Å².